The fourth-order valence-corrected chi connectivity index (χ4v) is 1.09. The number of allylic oxidation sites excluding steroid dienone is 2. The highest BCUT2D eigenvalue weighted by Crippen LogP contribution is 2.33. The van der Waals surface area contributed by atoms with Crippen LogP contribution in [-0.2, 0) is 0 Å². The molecule has 0 amide bonds. The topological polar surface area (TPSA) is 0 Å². The average molecular weight is 124 g/mol. The largest absolute Gasteiger partial charge is 0.0778 e. The lowest BCUT2D eigenvalue weighted by atomic mass is 10.0. The van der Waals surface area contributed by atoms with Crippen LogP contribution in [0.25, 0.3) is 0 Å². The zero-order valence-corrected chi connectivity index (χ0v) is 6.65. The van der Waals surface area contributed by atoms with Gasteiger partial charge < -0.3 is 0 Å². The molecule has 0 aromatic heterocycles. The maximum Gasteiger partial charge on any atom is -0.00229 e. The lowest BCUT2D eigenvalue weighted by Gasteiger charge is -2.01. The SMILES string of the molecule is CC1=CC1CCC(C)C. The van der Waals surface area contributed by atoms with E-state index in [4.69, 9.17) is 0 Å². The molecule has 1 atom stereocenters. The van der Waals surface area contributed by atoms with Crippen LogP contribution in [0, 0.1) is 11.8 Å². The standard InChI is InChI=1S/C9H16/c1-7(2)4-5-9-6-8(9)3/h6-7,9H,4-5H2,1-3H3. The van der Waals surface area contributed by atoms with Crippen molar-refractivity contribution >= 4 is 0 Å². The smallest absolute Gasteiger partial charge is 0.00229 e. The summed E-state index contributed by atoms with van der Waals surface area (Å²) in [6.07, 6.45) is 5.14. The predicted octanol–water partition coefficient (Wildman–Crippen LogP) is 3.00. The van der Waals surface area contributed by atoms with E-state index in [0.717, 1.165) is 11.8 Å². The molecule has 0 heterocycles. The fourth-order valence-electron chi connectivity index (χ4n) is 1.09. The molecule has 0 aromatic rings. The van der Waals surface area contributed by atoms with Crippen LogP contribution >= 0.6 is 0 Å². The zero-order chi connectivity index (χ0) is 6.85. The van der Waals surface area contributed by atoms with E-state index in [0.29, 0.717) is 0 Å². The van der Waals surface area contributed by atoms with Gasteiger partial charge in [-0.3, -0.25) is 0 Å². The predicted molar refractivity (Wildman–Crippen MR) is 41.3 cm³/mol. The van der Waals surface area contributed by atoms with Crippen LogP contribution < -0.4 is 0 Å². The second-order valence-corrected chi connectivity index (χ2v) is 3.49. The van der Waals surface area contributed by atoms with Crippen LogP contribution in [0.3, 0.4) is 0 Å². The molecule has 0 heteroatoms. The molecule has 0 nitrogen and oxygen atoms in total. The first kappa shape index (κ1) is 6.85. The molecule has 0 spiro atoms. The summed E-state index contributed by atoms with van der Waals surface area (Å²) < 4.78 is 0. The molecule has 0 N–H and O–H groups in total. The highest BCUT2D eigenvalue weighted by atomic mass is 14.2. The van der Waals surface area contributed by atoms with Crippen LogP contribution in [0.2, 0.25) is 0 Å². The molecule has 0 aromatic carbocycles. The molecule has 1 aliphatic rings. The van der Waals surface area contributed by atoms with Gasteiger partial charge >= 0.3 is 0 Å². The van der Waals surface area contributed by atoms with Crippen LogP contribution in [0.4, 0.5) is 0 Å². The van der Waals surface area contributed by atoms with Gasteiger partial charge in [0.2, 0.25) is 0 Å². The van der Waals surface area contributed by atoms with Gasteiger partial charge in [-0.05, 0) is 25.2 Å². The molecule has 1 unspecified atom stereocenters. The molecule has 1 rings (SSSR count). The summed E-state index contributed by atoms with van der Waals surface area (Å²) >= 11 is 0. The molecule has 9 heavy (non-hydrogen) atoms. The van der Waals surface area contributed by atoms with Gasteiger partial charge in [-0.25, -0.2) is 0 Å². The Morgan fingerprint density at radius 2 is 2.11 bits per heavy atom. The summed E-state index contributed by atoms with van der Waals surface area (Å²) in [6, 6.07) is 0. The van der Waals surface area contributed by atoms with Crippen molar-refractivity contribution in [1.82, 2.24) is 0 Å². The number of hydrogen-bond acceptors (Lipinski definition) is 0. The monoisotopic (exact) mass is 124 g/mol. The van der Waals surface area contributed by atoms with Crippen molar-refractivity contribution in [2.24, 2.45) is 11.8 Å². The van der Waals surface area contributed by atoms with Gasteiger partial charge in [0.25, 0.3) is 0 Å². The first-order chi connectivity index (χ1) is 4.20. The number of rotatable bonds is 3. The highest BCUT2D eigenvalue weighted by Gasteiger charge is 2.18. The van der Waals surface area contributed by atoms with E-state index >= 15 is 0 Å². The highest BCUT2D eigenvalue weighted by molar-refractivity contribution is 5.26. The summed E-state index contributed by atoms with van der Waals surface area (Å²) in [5.41, 5.74) is 1.61. The van der Waals surface area contributed by atoms with Crippen LogP contribution in [0.1, 0.15) is 33.6 Å². The molecule has 1 aliphatic carbocycles. The quantitative estimate of drug-likeness (QED) is 0.507. The van der Waals surface area contributed by atoms with Crippen molar-refractivity contribution in [3.8, 4) is 0 Å². The maximum absolute atomic E-state index is 2.36. The molecule has 0 aliphatic heterocycles. The van der Waals surface area contributed by atoms with Crippen LogP contribution in [-0.4, -0.2) is 0 Å². The third-order valence-corrected chi connectivity index (χ3v) is 1.99. The van der Waals surface area contributed by atoms with E-state index in [1.54, 1.807) is 5.57 Å². The van der Waals surface area contributed by atoms with E-state index in [2.05, 4.69) is 26.8 Å². The molecule has 0 bridgehead atoms. The third-order valence-electron chi connectivity index (χ3n) is 1.99. The van der Waals surface area contributed by atoms with E-state index in [1.165, 1.54) is 12.8 Å². The Balaban J connectivity index is 1.96. The van der Waals surface area contributed by atoms with Crippen LogP contribution in [0.5, 0.6) is 0 Å². The Morgan fingerprint density at radius 1 is 1.56 bits per heavy atom. The second-order valence-electron chi connectivity index (χ2n) is 3.49. The minimum atomic E-state index is 0.881. The van der Waals surface area contributed by atoms with Crippen molar-refractivity contribution in [1.29, 1.82) is 0 Å². The third kappa shape index (κ3) is 2.21. The van der Waals surface area contributed by atoms with Gasteiger partial charge in [0.1, 0.15) is 0 Å². The van der Waals surface area contributed by atoms with Gasteiger partial charge in [0.15, 0.2) is 0 Å². The molecule has 52 valence electrons. The Morgan fingerprint density at radius 3 is 2.44 bits per heavy atom. The van der Waals surface area contributed by atoms with Gasteiger partial charge in [0, 0.05) is 0 Å². The van der Waals surface area contributed by atoms with E-state index in [1.807, 2.05) is 0 Å². The van der Waals surface area contributed by atoms with Crippen molar-refractivity contribution in [2.45, 2.75) is 33.6 Å². The normalized spacial score (nSPS) is 24.4. The first-order valence-electron chi connectivity index (χ1n) is 3.88. The van der Waals surface area contributed by atoms with Crippen molar-refractivity contribution < 1.29 is 0 Å². The molecule has 0 saturated carbocycles. The van der Waals surface area contributed by atoms with E-state index < -0.39 is 0 Å². The minimum absolute atomic E-state index is 0.881. The fraction of sp³-hybridized carbons (Fsp3) is 0.778. The average Bonchev–Trinajstić information content (AvgIpc) is 2.42. The van der Waals surface area contributed by atoms with Crippen molar-refractivity contribution in [3.63, 3.8) is 0 Å². The summed E-state index contributed by atoms with van der Waals surface area (Å²) in [5, 5.41) is 0. The van der Waals surface area contributed by atoms with Crippen molar-refractivity contribution in [3.05, 3.63) is 11.6 Å². The second kappa shape index (κ2) is 2.55. The molecule has 0 radical (unpaired) electrons. The lowest BCUT2D eigenvalue weighted by Crippen LogP contribution is -1.88. The zero-order valence-electron chi connectivity index (χ0n) is 6.65. The Kier molecular flexibility index (Phi) is 1.94. The summed E-state index contributed by atoms with van der Waals surface area (Å²) in [7, 11) is 0. The molecular weight excluding hydrogens is 108 g/mol. The summed E-state index contributed by atoms with van der Waals surface area (Å²) in [5.74, 6) is 1.78. The lowest BCUT2D eigenvalue weighted by molar-refractivity contribution is 0.537. The first-order valence-corrected chi connectivity index (χ1v) is 3.88. The summed E-state index contributed by atoms with van der Waals surface area (Å²) in [4.78, 5) is 0. The molecule has 0 fully saturated rings. The van der Waals surface area contributed by atoms with Crippen molar-refractivity contribution in [2.75, 3.05) is 0 Å². The van der Waals surface area contributed by atoms with Gasteiger partial charge in [-0.2, -0.15) is 0 Å². The molecule has 0 saturated heterocycles. The van der Waals surface area contributed by atoms with Gasteiger partial charge in [0.05, 0.1) is 0 Å². The van der Waals surface area contributed by atoms with Gasteiger partial charge in [-0.1, -0.05) is 31.9 Å². The Hall–Kier alpha value is -0.260. The molecular formula is C9H16. The van der Waals surface area contributed by atoms with E-state index in [9.17, 15) is 0 Å². The maximum atomic E-state index is 2.36. The number of hydrogen-bond donors (Lipinski definition) is 0. The Bertz CT molecular complexity index is 120. The Labute approximate surface area is 58.0 Å². The van der Waals surface area contributed by atoms with Crippen LogP contribution in [0.15, 0.2) is 11.6 Å². The van der Waals surface area contributed by atoms with Gasteiger partial charge in [-0.15, -0.1) is 0 Å². The summed E-state index contributed by atoms with van der Waals surface area (Å²) in [6.45, 7) is 6.81. The van der Waals surface area contributed by atoms with E-state index in [-0.39, 0.29) is 0 Å². The minimum Gasteiger partial charge on any atom is -0.0778 e.